The highest BCUT2D eigenvalue weighted by molar-refractivity contribution is 5.76. The van der Waals surface area contributed by atoms with E-state index in [0.717, 1.165) is 24.9 Å². The number of aryl methyl sites for hydroxylation is 1. The third kappa shape index (κ3) is 7.36. The average molecular weight is 356 g/mol. The molecule has 0 aliphatic carbocycles. The van der Waals surface area contributed by atoms with E-state index in [9.17, 15) is 4.79 Å². The molecule has 4 heteroatoms. The van der Waals surface area contributed by atoms with E-state index in [1.807, 2.05) is 36.4 Å². The predicted molar refractivity (Wildman–Crippen MR) is 101 cm³/mol. The first-order valence-corrected chi connectivity index (χ1v) is 9.49. The first kappa shape index (κ1) is 20.1. The minimum absolute atomic E-state index is 0.307. The van der Waals surface area contributed by atoms with Crippen LogP contribution < -0.4 is 4.57 Å². The van der Waals surface area contributed by atoms with Gasteiger partial charge in [0.05, 0.1) is 6.61 Å². The van der Waals surface area contributed by atoms with Gasteiger partial charge in [0.1, 0.15) is 6.54 Å². The monoisotopic (exact) mass is 356 g/mol. The highest BCUT2D eigenvalue weighted by Crippen LogP contribution is 2.18. The van der Waals surface area contributed by atoms with Crippen molar-refractivity contribution >= 4 is 5.97 Å². The van der Waals surface area contributed by atoms with Gasteiger partial charge < -0.3 is 9.47 Å². The van der Waals surface area contributed by atoms with Crippen LogP contribution in [0, 0.1) is 0 Å². The van der Waals surface area contributed by atoms with E-state index in [1.165, 1.54) is 32.8 Å². The zero-order valence-electron chi connectivity index (χ0n) is 15.7. The number of carbonyl (C=O) groups is 1. The molecule has 140 valence electrons. The molecule has 1 heterocycles. The molecule has 0 aliphatic rings. The zero-order valence-corrected chi connectivity index (χ0v) is 15.7. The molecule has 26 heavy (non-hydrogen) atoms. The number of ether oxygens (including phenoxy) is 2. The lowest BCUT2D eigenvalue weighted by molar-refractivity contribution is -0.697. The molecule has 2 rings (SSSR count). The van der Waals surface area contributed by atoms with Gasteiger partial charge in [-0.15, -0.1) is 0 Å². The minimum atomic E-state index is -0.633. The van der Waals surface area contributed by atoms with E-state index in [4.69, 9.17) is 9.47 Å². The Hall–Kier alpha value is -2.20. The first-order chi connectivity index (χ1) is 12.8. The van der Waals surface area contributed by atoms with Crippen LogP contribution in [0.15, 0.2) is 60.9 Å². The Morgan fingerprint density at radius 1 is 0.885 bits per heavy atom. The van der Waals surface area contributed by atoms with Gasteiger partial charge in [0.2, 0.25) is 0 Å². The third-order valence-electron chi connectivity index (χ3n) is 4.38. The van der Waals surface area contributed by atoms with Gasteiger partial charge >= 0.3 is 5.97 Å². The van der Waals surface area contributed by atoms with Crippen molar-refractivity contribution in [1.82, 2.24) is 0 Å². The molecule has 1 atom stereocenters. The van der Waals surface area contributed by atoms with Crippen LogP contribution in [0.4, 0.5) is 0 Å². The lowest BCUT2D eigenvalue weighted by Gasteiger charge is -2.14. The van der Waals surface area contributed by atoms with Crippen LogP contribution in [0.1, 0.15) is 50.2 Å². The van der Waals surface area contributed by atoms with Crippen molar-refractivity contribution in [3.8, 4) is 0 Å². The summed E-state index contributed by atoms with van der Waals surface area (Å²) in [7, 11) is 1.53. The molecule has 0 N–H and O–H groups in total. The Morgan fingerprint density at radius 2 is 1.50 bits per heavy atom. The van der Waals surface area contributed by atoms with Crippen molar-refractivity contribution in [2.24, 2.45) is 0 Å². The normalized spacial score (nSPS) is 11.9. The van der Waals surface area contributed by atoms with Crippen LogP contribution in [-0.4, -0.2) is 19.7 Å². The molecule has 2 aromatic rings. The fraction of sp³-hybridized carbons (Fsp3) is 0.455. The number of benzene rings is 1. The van der Waals surface area contributed by atoms with Crippen molar-refractivity contribution in [2.75, 3.05) is 13.7 Å². The van der Waals surface area contributed by atoms with Crippen molar-refractivity contribution in [3.63, 3.8) is 0 Å². The molecule has 0 amide bonds. The average Bonchev–Trinajstić information content (AvgIpc) is 2.69. The predicted octanol–water partition coefficient (Wildman–Crippen LogP) is 4.25. The Labute approximate surface area is 156 Å². The Kier molecular flexibility index (Phi) is 9.44. The maximum atomic E-state index is 12.1. The Bertz CT molecular complexity index is 616. The first-order valence-electron chi connectivity index (χ1n) is 9.49. The van der Waals surface area contributed by atoms with Gasteiger partial charge in [0.25, 0.3) is 0 Å². The summed E-state index contributed by atoms with van der Waals surface area (Å²) in [5.41, 5.74) is 0.830. The van der Waals surface area contributed by atoms with Gasteiger partial charge in [-0.1, -0.05) is 55.7 Å². The molecule has 1 aromatic heterocycles. The number of unbranched alkanes of at least 4 members (excludes halogenated alkanes) is 5. The van der Waals surface area contributed by atoms with Crippen molar-refractivity contribution < 1.29 is 18.8 Å². The smallest absolute Gasteiger partial charge is 0.339 e. The summed E-state index contributed by atoms with van der Waals surface area (Å²) in [5, 5.41) is 0. The zero-order chi connectivity index (χ0) is 18.5. The van der Waals surface area contributed by atoms with E-state index < -0.39 is 6.10 Å². The molecule has 0 spiro atoms. The molecule has 0 aliphatic heterocycles. The molecule has 4 nitrogen and oxygen atoms in total. The van der Waals surface area contributed by atoms with E-state index in [-0.39, 0.29) is 5.97 Å². The van der Waals surface area contributed by atoms with Crippen LogP contribution in [0.2, 0.25) is 0 Å². The summed E-state index contributed by atoms with van der Waals surface area (Å²) >= 11 is 0. The van der Waals surface area contributed by atoms with Crippen LogP contribution in [-0.2, 0) is 20.8 Å². The number of pyridine rings is 1. The van der Waals surface area contributed by atoms with Crippen molar-refractivity contribution in [2.45, 2.75) is 51.2 Å². The molecule has 0 bridgehead atoms. The quantitative estimate of drug-likeness (QED) is 0.324. The van der Waals surface area contributed by atoms with Gasteiger partial charge in [-0.05, 0) is 18.4 Å². The summed E-state index contributed by atoms with van der Waals surface area (Å²) in [6.07, 6.45) is 10.4. The molecule has 0 fully saturated rings. The molecule has 1 aromatic carbocycles. The fourth-order valence-corrected chi connectivity index (χ4v) is 2.93. The summed E-state index contributed by atoms with van der Waals surface area (Å²) in [4.78, 5) is 12.1. The summed E-state index contributed by atoms with van der Waals surface area (Å²) in [6.45, 7) is 1.54. The SMILES string of the molecule is CO[C@H](C(=O)OCCCCCCCC[n+]1ccccc1)c1ccccc1. The highest BCUT2D eigenvalue weighted by atomic mass is 16.6. The van der Waals surface area contributed by atoms with E-state index >= 15 is 0 Å². The van der Waals surface area contributed by atoms with Crippen LogP contribution in [0.5, 0.6) is 0 Å². The number of nitrogens with zero attached hydrogens (tertiary/aromatic N) is 1. The van der Waals surface area contributed by atoms with Crippen LogP contribution in [0.3, 0.4) is 0 Å². The molecular weight excluding hydrogens is 326 g/mol. The lowest BCUT2D eigenvalue weighted by atomic mass is 10.1. The van der Waals surface area contributed by atoms with Gasteiger partial charge in [-0.3, -0.25) is 0 Å². The number of methoxy groups -OCH3 is 1. The standard InChI is InChI=1S/C22H30NO3/c1-25-21(20-14-8-6-9-15-20)22(24)26-19-13-5-3-2-4-10-16-23-17-11-7-12-18-23/h6-9,11-12,14-15,17-18,21H,2-5,10,13,16,19H2,1H3/q+1/t21-/m0/s1. The maximum absolute atomic E-state index is 12.1. The third-order valence-corrected chi connectivity index (χ3v) is 4.38. The van der Waals surface area contributed by atoms with Gasteiger partial charge in [-0.2, -0.15) is 0 Å². The van der Waals surface area contributed by atoms with Gasteiger partial charge in [-0.25, -0.2) is 9.36 Å². The second kappa shape index (κ2) is 12.2. The number of carbonyl (C=O) groups excluding carboxylic acids is 1. The maximum Gasteiger partial charge on any atom is 0.339 e. The summed E-state index contributed by atoms with van der Waals surface area (Å²) < 4.78 is 12.9. The van der Waals surface area contributed by atoms with E-state index in [0.29, 0.717) is 6.61 Å². The number of hydrogen-bond acceptors (Lipinski definition) is 3. The second-order valence-electron chi connectivity index (χ2n) is 6.43. The Balaban J connectivity index is 1.50. The highest BCUT2D eigenvalue weighted by Gasteiger charge is 2.21. The molecule has 0 saturated heterocycles. The minimum Gasteiger partial charge on any atom is -0.464 e. The topological polar surface area (TPSA) is 39.4 Å². The van der Waals surface area contributed by atoms with Gasteiger partial charge in [0, 0.05) is 25.7 Å². The van der Waals surface area contributed by atoms with Crippen molar-refractivity contribution in [3.05, 3.63) is 66.5 Å². The number of esters is 1. The van der Waals surface area contributed by atoms with Crippen LogP contribution in [0.25, 0.3) is 0 Å². The van der Waals surface area contributed by atoms with Gasteiger partial charge in [0.15, 0.2) is 18.5 Å². The largest absolute Gasteiger partial charge is 0.464 e. The molecule has 0 unspecified atom stereocenters. The Morgan fingerprint density at radius 3 is 2.19 bits per heavy atom. The van der Waals surface area contributed by atoms with E-state index in [2.05, 4.69) is 29.1 Å². The number of aromatic nitrogens is 1. The summed E-state index contributed by atoms with van der Waals surface area (Å²) in [5.74, 6) is -0.307. The second-order valence-corrected chi connectivity index (χ2v) is 6.43. The number of rotatable bonds is 12. The fourth-order valence-electron chi connectivity index (χ4n) is 2.93. The van der Waals surface area contributed by atoms with Crippen LogP contribution >= 0.6 is 0 Å². The molecule has 0 saturated carbocycles. The summed E-state index contributed by atoms with van der Waals surface area (Å²) in [6, 6.07) is 15.6. The lowest BCUT2D eigenvalue weighted by Crippen LogP contribution is -2.32. The van der Waals surface area contributed by atoms with Crippen molar-refractivity contribution in [1.29, 1.82) is 0 Å². The number of hydrogen-bond donors (Lipinski definition) is 0. The molecule has 0 radical (unpaired) electrons. The molecular formula is C22H30NO3+. The van der Waals surface area contributed by atoms with E-state index in [1.54, 1.807) is 0 Å².